The summed E-state index contributed by atoms with van der Waals surface area (Å²) in [4.78, 5) is 19.8. The maximum Gasteiger partial charge on any atom is 0.246 e. The first-order valence-corrected chi connectivity index (χ1v) is 10.5. The SMILES string of the molecule is O=C(/C=C/c1cccs1)N1CCC(Cc2nc(-c3ccc(Cl)cc3)no2)CC1. The van der Waals surface area contributed by atoms with Gasteiger partial charge in [0.15, 0.2) is 0 Å². The molecule has 1 fully saturated rings. The minimum absolute atomic E-state index is 0.0784. The fourth-order valence-electron chi connectivity index (χ4n) is 3.30. The number of piperidine rings is 1. The van der Waals surface area contributed by atoms with E-state index in [0.717, 1.165) is 42.8 Å². The van der Waals surface area contributed by atoms with E-state index in [1.165, 1.54) is 0 Å². The summed E-state index contributed by atoms with van der Waals surface area (Å²) < 4.78 is 5.42. The molecule has 3 aromatic rings. The molecule has 4 rings (SSSR count). The number of hydrogen-bond donors (Lipinski definition) is 0. The Hall–Kier alpha value is -2.44. The lowest BCUT2D eigenvalue weighted by molar-refractivity contribution is -0.127. The molecule has 0 saturated carbocycles. The van der Waals surface area contributed by atoms with Crippen molar-refractivity contribution in [1.29, 1.82) is 0 Å². The molecule has 3 heterocycles. The van der Waals surface area contributed by atoms with Crippen molar-refractivity contribution in [3.05, 3.63) is 63.6 Å². The number of thiophene rings is 1. The van der Waals surface area contributed by atoms with Crippen molar-refractivity contribution >= 4 is 34.9 Å². The third kappa shape index (κ3) is 4.69. The van der Waals surface area contributed by atoms with Crippen LogP contribution in [0.2, 0.25) is 5.02 Å². The van der Waals surface area contributed by atoms with Crippen molar-refractivity contribution < 1.29 is 9.32 Å². The van der Waals surface area contributed by atoms with E-state index in [2.05, 4.69) is 10.1 Å². The molecule has 1 amide bonds. The molecular weight excluding hydrogens is 394 g/mol. The highest BCUT2D eigenvalue weighted by molar-refractivity contribution is 7.10. The van der Waals surface area contributed by atoms with Gasteiger partial charge < -0.3 is 9.42 Å². The van der Waals surface area contributed by atoms with Gasteiger partial charge in [-0.05, 0) is 60.5 Å². The molecule has 0 spiro atoms. The average molecular weight is 414 g/mol. The number of halogens is 1. The van der Waals surface area contributed by atoms with Crippen LogP contribution in [0.3, 0.4) is 0 Å². The molecule has 0 N–H and O–H groups in total. The summed E-state index contributed by atoms with van der Waals surface area (Å²) in [5.41, 5.74) is 0.886. The molecule has 7 heteroatoms. The van der Waals surface area contributed by atoms with Crippen molar-refractivity contribution in [2.24, 2.45) is 5.92 Å². The van der Waals surface area contributed by atoms with Gasteiger partial charge in [-0.1, -0.05) is 22.8 Å². The molecule has 0 unspecified atom stereocenters. The second-order valence-electron chi connectivity index (χ2n) is 6.84. The number of amides is 1. The first-order chi connectivity index (χ1) is 13.7. The summed E-state index contributed by atoms with van der Waals surface area (Å²) in [6.45, 7) is 1.52. The molecule has 144 valence electrons. The van der Waals surface area contributed by atoms with Crippen LogP contribution in [0.1, 0.15) is 23.6 Å². The smallest absolute Gasteiger partial charge is 0.246 e. The fraction of sp³-hybridized carbons (Fsp3) is 0.286. The van der Waals surface area contributed by atoms with Crippen molar-refractivity contribution in [2.45, 2.75) is 19.3 Å². The molecule has 1 aliphatic rings. The number of rotatable bonds is 5. The molecule has 0 atom stereocenters. The maximum atomic E-state index is 12.3. The number of aromatic nitrogens is 2. The van der Waals surface area contributed by atoms with Crippen LogP contribution in [0.4, 0.5) is 0 Å². The van der Waals surface area contributed by atoms with Crippen LogP contribution in [-0.4, -0.2) is 34.0 Å². The van der Waals surface area contributed by atoms with Gasteiger partial charge in [-0.25, -0.2) is 0 Å². The highest BCUT2D eigenvalue weighted by Crippen LogP contribution is 2.24. The van der Waals surface area contributed by atoms with Crippen LogP contribution < -0.4 is 0 Å². The lowest BCUT2D eigenvalue weighted by Gasteiger charge is -2.30. The highest BCUT2D eigenvalue weighted by Gasteiger charge is 2.23. The molecule has 2 aromatic heterocycles. The molecule has 28 heavy (non-hydrogen) atoms. The first kappa shape index (κ1) is 18.9. The number of nitrogens with zero attached hydrogens (tertiary/aromatic N) is 3. The average Bonchev–Trinajstić information content (AvgIpc) is 3.39. The van der Waals surface area contributed by atoms with Gasteiger partial charge in [0, 0.05) is 41.0 Å². The number of benzene rings is 1. The van der Waals surface area contributed by atoms with Gasteiger partial charge in [0.05, 0.1) is 0 Å². The van der Waals surface area contributed by atoms with Crippen molar-refractivity contribution in [1.82, 2.24) is 15.0 Å². The van der Waals surface area contributed by atoms with Gasteiger partial charge in [0.25, 0.3) is 0 Å². The molecule has 0 aliphatic carbocycles. The highest BCUT2D eigenvalue weighted by atomic mass is 35.5. The van der Waals surface area contributed by atoms with Crippen LogP contribution in [0.15, 0.2) is 52.4 Å². The van der Waals surface area contributed by atoms with Gasteiger partial charge >= 0.3 is 0 Å². The van der Waals surface area contributed by atoms with E-state index in [-0.39, 0.29) is 5.91 Å². The topological polar surface area (TPSA) is 59.2 Å². The summed E-state index contributed by atoms with van der Waals surface area (Å²) in [6, 6.07) is 11.4. The molecule has 5 nitrogen and oxygen atoms in total. The first-order valence-electron chi connectivity index (χ1n) is 9.26. The van der Waals surface area contributed by atoms with Gasteiger partial charge in [-0.3, -0.25) is 4.79 Å². The summed E-state index contributed by atoms with van der Waals surface area (Å²) in [7, 11) is 0. The van der Waals surface area contributed by atoms with Gasteiger partial charge in [-0.15, -0.1) is 11.3 Å². The molecule has 0 bridgehead atoms. The largest absolute Gasteiger partial charge is 0.339 e. The monoisotopic (exact) mass is 413 g/mol. The maximum absolute atomic E-state index is 12.3. The van der Waals surface area contributed by atoms with E-state index < -0.39 is 0 Å². The van der Waals surface area contributed by atoms with Gasteiger partial charge in [0.2, 0.25) is 17.6 Å². The van der Waals surface area contributed by atoms with E-state index >= 15 is 0 Å². The van der Waals surface area contributed by atoms with Crippen LogP contribution in [0.25, 0.3) is 17.5 Å². The van der Waals surface area contributed by atoms with E-state index in [0.29, 0.717) is 22.7 Å². The predicted octanol–water partition coefficient (Wildman–Crippen LogP) is 4.95. The van der Waals surface area contributed by atoms with Crippen LogP contribution in [-0.2, 0) is 11.2 Å². The van der Waals surface area contributed by atoms with Crippen molar-refractivity contribution in [2.75, 3.05) is 13.1 Å². The third-order valence-electron chi connectivity index (χ3n) is 4.89. The van der Waals surface area contributed by atoms with E-state index in [1.807, 2.05) is 52.8 Å². The van der Waals surface area contributed by atoms with Crippen LogP contribution >= 0.6 is 22.9 Å². The summed E-state index contributed by atoms with van der Waals surface area (Å²) >= 11 is 7.54. The Balaban J connectivity index is 1.29. The Morgan fingerprint density at radius 2 is 2.04 bits per heavy atom. The fourth-order valence-corrected chi connectivity index (χ4v) is 4.05. The molecule has 0 radical (unpaired) electrons. The van der Waals surface area contributed by atoms with Crippen molar-refractivity contribution in [3.63, 3.8) is 0 Å². The minimum atomic E-state index is 0.0784. The normalized spacial score (nSPS) is 15.4. The Morgan fingerprint density at radius 1 is 1.25 bits per heavy atom. The van der Waals surface area contributed by atoms with Crippen molar-refractivity contribution in [3.8, 4) is 11.4 Å². The third-order valence-corrected chi connectivity index (χ3v) is 5.98. The zero-order valence-electron chi connectivity index (χ0n) is 15.3. The molecule has 1 saturated heterocycles. The van der Waals surface area contributed by atoms with E-state index in [9.17, 15) is 4.79 Å². The second kappa shape index (κ2) is 8.71. The Bertz CT molecular complexity index is 942. The summed E-state index contributed by atoms with van der Waals surface area (Å²) in [5, 5.41) is 6.76. The minimum Gasteiger partial charge on any atom is -0.339 e. The summed E-state index contributed by atoms with van der Waals surface area (Å²) in [5.74, 6) is 1.75. The predicted molar refractivity (Wildman–Crippen MR) is 111 cm³/mol. The quantitative estimate of drug-likeness (QED) is 0.555. The van der Waals surface area contributed by atoms with Gasteiger partial charge in [-0.2, -0.15) is 4.98 Å². The Labute approximate surface area is 172 Å². The van der Waals surface area contributed by atoms with Crippen LogP contribution in [0, 0.1) is 5.92 Å². The number of carbonyl (C=O) groups is 1. The zero-order chi connectivity index (χ0) is 19.3. The molecule has 1 aliphatic heterocycles. The second-order valence-corrected chi connectivity index (χ2v) is 8.26. The molecule has 1 aromatic carbocycles. The Kier molecular flexibility index (Phi) is 5.88. The zero-order valence-corrected chi connectivity index (χ0v) is 16.8. The standard InChI is InChI=1S/C21H20ClN3O2S/c22-17-5-3-16(4-6-17)21-23-19(27-24-21)14-15-9-11-25(12-10-15)20(26)8-7-18-2-1-13-28-18/h1-8,13,15H,9-12,14H2/b8-7+. The lowest BCUT2D eigenvalue weighted by atomic mass is 9.93. The Morgan fingerprint density at radius 3 is 2.75 bits per heavy atom. The number of likely N-dealkylation sites (tertiary alicyclic amines) is 1. The van der Waals surface area contributed by atoms with E-state index in [4.69, 9.17) is 16.1 Å². The number of carbonyl (C=O) groups excluding carboxylic acids is 1. The summed E-state index contributed by atoms with van der Waals surface area (Å²) in [6.07, 6.45) is 6.18. The number of hydrogen-bond acceptors (Lipinski definition) is 5. The lowest BCUT2D eigenvalue weighted by Crippen LogP contribution is -2.38. The van der Waals surface area contributed by atoms with Crippen LogP contribution in [0.5, 0.6) is 0 Å². The molecular formula is C21H20ClN3O2S. The van der Waals surface area contributed by atoms with Gasteiger partial charge in [0.1, 0.15) is 0 Å². The van der Waals surface area contributed by atoms with E-state index in [1.54, 1.807) is 17.4 Å².